The molecule has 0 saturated carbocycles. The van der Waals surface area contributed by atoms with Crippen molar-refractivity contribution >= 4 is 17.6 Å². The predicted octanol–water partition coefficient (Wildman–Crippen LogP) is 1.65. The Hall–Kier alpha value is -1.75. The Morgan fingerprint density at radius 3 is 2.39 bits per heavy atom. The summed E-state index contributed by atoms with van der Waals surface area (Å²) in [5.74, 6) is 0.560. The van der Waals surface area contributed by atoms with Gasteiger partial charge in [0, 0.05) is 0 Å². The number of hydrogen-bond acceptors (Lipinski definition) is 3. The number of aromatic amines is 1. The van der Waals surface area contributed by atoms with Crippen LogP contribution < -0.4 is 9.44 Å². The highest BCUT2D eigenvalue weighted by atomic mass is 32.1. The van der Waals surface area contributed by atoms with Crippen LogP contribution in [0.5, 0.6) is 0 Å². The summed E-state index contributed by atoms with van der Waals surface area (Å²) in [4.78, 5) is 25.2. The highest BCUT2D eigenvalue weighted by molar-refractivity contribution is 7.11. The van der Waals surface area contributed by atoms with Crippen LogP contribution >= 0.6 is 11.3 Å². The molecular weight excluding hydrogens is 248 g/mol. The van der Waals surface area contributed by atoms with Crippen LogP contribution in [0.4, 0.5) is 0 Å². The highest BCUT2D eigenvalue weighted by Gasteiger charge is 2.17. The van der Waals surface area contributed by atoms with Gasteiger partial charge in [-0.2, -0.15) is 4.98 Å². The normalized spacial score (nSPS) is 10.6. The van der Waals surface area contributed by atoms with Crippen molar-refractivity contribution in [3.8, 4) is 5.82 Å². The number of nitrogens with one attached hydrogen (secondary N) is 1. The van der Waals surface area contributed by atoms with Crippen molar-refractivity contribution in [2.75, 3.05) is 0 Å². The van der Waals surface area contributed by atoms with Crippen LogP contribution in [0.1, 0.15) is 34.6 Å². The summed E-state index contributed by atoms with van der Waals surface area (Å²) in [6.07, 6.45) is 6.45. The molecule has 1 N–H and O–H groups in total. The number of aryl methyl sites for hydroxylation is 2. The van der Waals surface area contributed by atoms with Gasteiger partial charge in [0.05, 0.1) is 12.4 Å². The van der Waals surface area contributed by atoms with Crippen LogP contribution in [0.2, 0.25) is 0 Å². The van der Waals surface area contributed by atoms with E-state index in [1.54, 1.807) is 0 Å². The molecule has 0 unspecified atom stereocenters. The molecule has 2 aromatic heterocycles. The van der Waals surface area contributed by atoms with Gasteiger partial charge in [0.15, 0.2) is 11.2 Å². The molecule has 0 radical (unpaired) electrons. The van der Waals surface area contributed by atoms with E-state index in [0.717, 1.165) is 30.5 Å². The third kappa shape index (κ3) is 2.41. The Morgan fingerprint density at radius 2 is 1.89 bits per heavy atom. The summed E-state index contributed by atoms with van der Waals surface area (Å²) >= 11 is 0.936. The van der Waals surface area contributed by atoms with E-state index in [4.69, 9.17) is 0 Å². The maximum Gasteiger partial charge on any atom is 0.390 e. The maximum absolute atomic E-state index is 11.3. The fourth-order valence-electron chi connectivity index (χ4n) is 1.83. The number of thiazole rings is 1. The Morgan fingerprint density at radius 1 is 1.28 bits per heavy atom. The largest absolute Gasteiger partial charge is 0.390 e. The summed E-state index contributed by atoms with van der Waals surface area (Å²) < 4.78 is 1.83. The lowest BCUT2D eigenvalue weighted by atomic mass is 10.1. The molecule has 0 bridgehead atoms. The molecule has 0 fully saturated rings. The standard InChI is InChI=1S/C13H14N2O2S/c1-3-9-5-10(4-2)7-15(6-9)12-11(8-16)18-13(17)14-12/h5-8H,3-4H2,1-2H3/p+1. The van der Waals surface area contributed by atoms with E-state index >= 15 is 0 Å². The second-order valence-corrected chi connectivity index (χ2v) is 5.03. The first-order valence-electron chi connectivity index (χ1n) is 5.90. The van der Waals surface area contributed by atoms with Crippen LogP contribution in [0, 0.1) is 0 Å². The molecule has 18 heavy (non-hydrogen) atoms. The Balaban J connectivity index is 2.61. The number of carbonyl (C=O) groups is 1. The number of carbonyl (C=O) groups excluding carboxylic acids is 1. The van der Waals surface area contributed by atoms with Gasteiger partial charge >= 0.3 is 10.7 Å². The Labute approximate surface area is 109 Å². The van der Waals surface area contributed by atoms with E-state index in [9.17, 15) is 9.59 Å². The van der Waals surface area contributed by atoms with Crippen molar-refractivity contribution in [2.45, 2.75) is 26.7 Å². The van der Waals surface area contributed by atoms with Gasteiger partial charge in [-0.3, -0.25) is 4.79 Å². The molecule has 0 spiro atoms. The van der Waals surface area contributed by atoms with Crippen LogP contribution in [0.25, 0.3) is 5.82 Å². The maximum atomic E-state index is 11.3. The van der Waals surface area contributed by atoms with Gasteiger partial charge < -0.3 is 0 Å². The average Bonchev–Trinajstić information content (AvgIpc) is 2.79. The van der Waals surface area contributed by atoms with Crippen molar-refractivity contribution in [3.63, 3.8) is 0 Å². The van der Waals surface area contributed by atoms with Gasteiger partial charge in [-0.1, -0.05) is 13.8 Å². The highest BCUT2D eigenvalue weighted by Crippen LogP contribution is 2.09. The molecule has 0 atom stereocenters. The molecule has 0 amide bonds. The molecule has 2 heterocycles. The van der Waals surface area contributed by atoms with E-state index in [2.05, 4.69) is 24.9 Å². The smallest absolute Gasteiger partial charge is 0.297 e. The molecule has 94 valence electrons. The van der Waals surface area contributed by atoms with E-state index in [0.29, 0.717) is 10.7 Å². The predicted molar refractivity (Wildman–Crippen MR) is 70.6 cm³/mol. The number of rotatable bonds is 4. The SMILES string of the molecule is CCc1cc(CC)c[n+](-c2[nH]c(=O)sc2C=O)c1. The van der Waals surface area contributed by atoms with Gasteiger partial charge in [0.25, 0.3) is 0 Å². The molecule has 5 heteroatoms. The molecule has 0 saturated heterocycles. The lowest BCUT2D eigenvalue weighted by Crippen LogP contribution is -2.33. The number of hydrogen-bond donors (Lipinski definition) is 1. The topological polar surface area (TPSA) is 53.8 Å². The van der Waals surface area contributed by atoms with Crippen molar-refractivity contribution in [1.29, 1.82) is 0 Å². The molecule has 2 rings (SSSR count). The zero-order chi connectivity index (χ0) is 13.1. The van der Waals surface area contributed by atoms with Gasteiger partial charge in [-0.25, -0.2) is 9.36 Å². The minimum absolute atomic E-state index is 0.209. The molecule has 4 nitrogen and oxygen atoms in total. The third-order valence-corrected chi connectivity index (χ3v) is 3.62. The fourth-order valence-corrected chi connectivity index (χ4v) is 2.48. The van der Waals surface area contributed by atoms with Crippen LogP contribution in [0.3, 0.4) is 0 Å². The summed E-state index contributed by atoms with van der Waals surface area (Å²) in [5, 5.41) is 0. The lowest BCUT2D eigenvalue weighted by Gasteiger charge is -2.03. The van der Waals surface area contributed by atoms with E-state index in [-0.39, 0.29) is 4.87 Å². The van der Waals surface area contributed by atoms with Crippen LogP contribution in [-0.4, -0.2) is 11.3 Å². The van der Waals surface area contributed by atoms with E-state index in [1.807, 2.05) is 17.0 Å². The Kier molecular flexibility index (Phi) is 3.72. The average molecular weight is 263 g/mol. The lowest BCUT2D eigenvalue weighted by molar-refractivity contribution is -0.600. The first kappa shape index (κ1) is 12.7. The summed E-state index contributed by atoms with van der Waals surface area (Å²) in [6, 6.07) is 2.14. The Bertz CT molecular complexity index is 606. The monoisotopic (exact) mass is 263 g/mol. The van der Waals surface area contributed by atoms with Crippen molar-refractivity contribution in [3.05, 3.63) is 44.1 Å². The zero-order valence-corrected chi connectivity index (χ0v) is 11.2. The van der Waals surface area contributed by atoms with Crippen LogP contribution in [0.15, 0.2) is 23.3 Å². The molecule has 2 aromatic rings. The quantitative estimate of drug-likeness (QED) is 0.673. The minimum Gasteiger partial charge on any atom is -0.297 e. The number of pyridine rings is 1. The van der Waals surface area contributed by atoms with Gasteiger partial charge in [0.1, 0.15) is 0 Å². The number of nitrogens with zero attached hydrogens (tertiary/aromatic N) is 1. The number of aromatic nitrogens is 2. The van der Waals surface area contributed by atoms with Crippen molar-refractivity contribution in [2.24, 2.45) is 0 Å². The fraction of sp³-hybridized carbons (Fsp3) is 0.308. The third-order valence-electron chi connectivity index (χ3n) is 2.82. The molecule has 0 aliphatic carbocycles. The number of H-pyrrole nitrogens is 1. The van der Waals surface area contributed by atoms with Crippen molar-refractivity contribution in [1.82, 2.24) is 4.98 Å². The minimum atomic E-state index is -0.209. The first-order chi connectivity index (χ1) is 8.67. The van der Waals surface area contributed by atoms with Crippen molar-refractivity contribution < 1.29 is 9.36 Å². The van der Waals surface area contributed by atoms with Gasteiger partial charge in [-0.15, -0.1) is 0 Å². The zero-order valence-electron chi connectivity index (χ0n) is 10.4. The summed E-state index contributed by atoms with van der Waals surface area (Å²) in [7, 11) is 0. The van der Waals surface area contributed by atoms with E-state index in [1.165, 1.54) is 11.1 Å². The van der Waals surface area contributed by atoms with E-state index < -0.39 is 0 Å². The second kappa shape index (κ2) is 5.27. The molecule has 0 aromatic carbocycles. The molecular formula is C13H15N2O2S+. The number of aldehydes is 1. The van der Waals surface area contributed by atoms with Gasteiger partial charge in [0.2, 0.25) is 0 Å². The molecule has 0 aliphatic rings. The molecule has 0 aliphatic heterocycles. The van der Waals surface area contributed by atoms with Crippen LogP contribution in [-0.2, 0) is 12.8 Å². The first-order valence-corrected chi connectivity index (χ1v) is 6.72. The summed E-state index contributed by atoms with van der Waals surface area (Å²) in [5.41, 5.74) is 2.36. The second-order valence-electron chi connectivity index (χ2n) is 4.01. The van der Waals surface area contributed by atoms with Gasteiger partial charge in [-0.05, 0) is 41.4 Å². The summed E-state index contributed by atoms with van der Waals surface area (Å²) in [6.45, 7) is 4.16.